The number of rotatable bonds is 6. The minimum absolute atomic E-state index is 0.411. The van der Waals surface area contributed by atoms with Gasteiger partial charge in [-0.25, -0.2) is 0 Å². The van der Waals surface area contributed by atoms with Crippen LogP contribution in [0, 0.1) is 0 Å². The number of pyridine rings is 1. The Balaban J connectivity index is 1.48. The first kappa shape index (κ1) is 19.4. The zero-order chi connectivity index (χ0) is 21.9. The van der Waals surface area contributed by atoms with Gasteiger partial charge in [-0.2, -0.15) is 10.1 Å². The van der Waals surface area contributed by atoms with Crippen LogP contribution in [0.5, 0.6) is 28.9 Å². The number of nitrogens with two attached hydrogens (primary N) is 1. The lowest BCUT2D eigenvalue weighted by atomic mass is 10.0. The maximum Gasteiger partial charge on any atom is 0.221 e. The third-order valence-electron chi connectivity index (χ3n) is 4.95. The lowest BCUT2D eigenvalue weighted by molar-refractivity contribution is 0.412. The van der Waals surface area contributed by atoms with Crippen LogP contribution >= 0.6 is 0 Å². The lowest BCUT2D eigenvalue weighted by Crippen LogP contribution is -1.93. The van der Waals surface area contributed by atoms with Gasteiger partial charge in [0.25, 0.3) is 0 Å². The van der Waals surface area contributed by atoms with E-state index in [0.29, 0.717) is 23.1 Å². The van der Waals surface area contributed by atoms with Crippen molar-refractivity contribution >= 4 is 16.9 Å². The fraction of sp³-hybridized carbons (Fsp3) is 0.0400. The van der Waals surface area contributed by atoms with E-state index in [1.165, 1.54) is 0 Å². The number of hydrogen-bond donors (Lipinski definition) is 2. The number of fused-ring (bicyclic) bond motifs is 1. The molecule has 3 aromatic carbocycles. The summed E-state index contributed by atoms with van der Waals surface area (Å²) in [6.07, 6.45) is 0. The molecule has 0 saturated heterocycles. The van der Waals surface area contributed by atoms with E-state index >= 15 is 0 Å². The Kier molecular flexibility index (Phi) is 5.05. The van der Waals surface area contributed by atoms with Crippen molar-refractivity contribution in [1.82, 2.24) is 15.2 Å². The summed E-state index contributed by atoms with van der Waals surface area (Å²) in [5, 5.41) is 7.77. The molecule has 158 valence electrons. The van der Waals surface area contributed by atoms with E-state index in [1.807, 2.05) is 84.9 Å². The average molecular weight is 424 g/mol. The van der Waals surface area contributed by atoms with Gasteiger partial charge in [0.2, 0.25) is 5.88 Å². The normalized spacial score (nSPS) is 10.8. The molecule has 2 heterocycles. The van der Waals surface area contributed by atoms with Crippen molar-refractivity contribution in [3.8, 4) is 40.0 Å². The molecule has 0 saturated carbocycles. The largest absolute Gasteiger partial charge is 0.497 e. The van der Waals surface area contributed by atoms with Crippen molar-refractivity contribution in [3.05, 3.63) is 84.9 Å². The molecule has 0 aliphatic rings. The highest BCUT2D eigenvalue weighted by Crippen LogP contribution is 2.36. The summed E-state index contributed by atoms with van der Waals surface area (Å²) in [6.45, 7) is 0. The van der Waals surface area contributed by atoms with E-state index in [1.54, 1.807) is 7.11 Å². The molecule has 7 nitrogen and oxygen atoms in total. The van der Waals surface area contributed by atoms with Gasteiger partial charge in [0.05, 0.1) is 12.5 Å². The summed E-state index contributed by atoms with van der Waals surface area (Å²) < 4.78 is 17.1. The molecule has 5 aromatic rings. The molecule has 3 N–H and O–H groups in total. The third-order valence-corrected chi connectivity index (χ3v) is 4.95. The van der Waals surface area contributed by atoms with E-state index in [4.69, 9.17) is 19.9 Å². The van der Waals surface area contributed by atoms with Gasteiger partial charge in [-0.15, -0.1) is 0 Å². The number of anilines is 1. The van der Waals surface area contributed by atoms with E-state index in [2.05, 4.69) is 15.2 Å². The number of benzene rings is 3. The average Bonchev–Trinajstić information content (AvgIpc) is 3.21. The quantitative estimate of drug-likeness (QED) is 0.358. The molecule has 0 aliphatic heterocycles. The molecule has 7 heteroatoms. The van der Waals surface area contributed by atoms with Crippen LogP contribution in [0.3, 0.4) is 0 Å². The second kappa shape index (κ2) is 8.31. The van der Waals surface area contributed by atoms with Crippen LogP contribution in [-0.4, -0.2) is 22.3 Å². The minimum atomic E-state index is 0.411. The van der Waals surface area contributed by atoms with Crippen LogP contribution in [0.25, 0.3) is 22.2 Å². The lowest BCUT2D eigenvalue weighted by Gasteiger charge is -2.10. The Morgan fingerprint density at radius 1 is 0.750 bits per heavy atom. The first-order chi connectivity index (χ1) is 15.7. The van der Waals surface area contributed by atoms with Crippen molar-refractivity contribution in [2.24, 2.45) is 0 Å². The molecule has 5 rings (SSSR count). The van der Waals surface area contributed by atoms with Gasteiger partial charge in [0.15, 0.2) is 5.65 Å². The number of aromatic amines is 1. The standard InChI is InChI=1S/C25H20N4O3/c1-30-17-11-13-20(14-12-17)32-22-15-21(23-24(26)28-29-25(23)27-22)16-7-9-19(10-8-16)31-18-5-3-2-4-6-18/h2-15H,1H3,(H3,26,27,28,29). The van der Waals surface area contributed by atoms with E-state index in [-0.39, 0.29) is 0 Å². The molecular formula is C25H20N4O3. The second-order valence-electron chi connectivity index (χ2n) is 7.06. The highest BCUT2D eigenvalue weighted by atomic mass is 16.5. The molecule has 0 bridgehead atoms. The van der Waals surface area contributed by atoms with Gasteiger partial charge in [-0.3, -0.25) is 5.10 Å². The van der Waals surface area contributed by atoms with Gasteiger partial charge >= 0.3 is 0 Å². The molecule has 0 spiro atoms. The number of nitrogens with zero attached hydrogens (tertiary/aromatic N) is 2. The molecule has 0 amide bonds. The van der Waals surface area contributed by atoms with Crippen LogP contribution in [0.15, 0.2) is 84.9 Å². The Labute approximate surface area is 184 Å². The van der Waals surface area contributed by atoms with Crippen molar-refractivity contribution in [2.45, 2.75) is 0 Å². The highest BCUT2D eigenvalue weighted by Gasteiger charge is 2.15. The summed E-state index contributed by atoms with van der Waals surface area (Å²) in [7, 11) is 1.62. The number of aromatic nitrogens is 3. The van der Waals surface area contributed by atoms with Crippen molar-refractivity contribution in [2.75, 3.05) is 12.8 Å². The number of para-hydroxylation sites is 1. The highest BCUT2D eigenvalue weighted by molar-refractivity contribution is 6.00. The van der Waals surface area contributed by atoms with Gasteiger partial charge in [-0.05, 0) is 54.1 Å². The van der Waals surface area contributed by atoms with E-state index in [0.717, 1.165) is 33.8 Å². The van der Waals surface area contributed by atoms with Crippen LogP contribution in [0.1, 0.15) is 0 Å². The summed E-state index contributed by atoms with van der Waals surface area (Å²) in [4.78, 5) is 4.49. The van der Waals surface area contributed by atoms with Crippen LogP contribution < -0.4 is 19.9 Å². The zero-order valence-corrected chi connectivity index (χ0v) is 17.3. The summed E-state index contributed by atoms with van der Waals surface area (Å²) in [5.74, 6) is 3.76. The predicted octanol–water partition coefficient (Wildman–Crippen LogP) is 5.80. The number of hydrogen-bond acceptors (Lipinski definition) is 6. The summed E-state index contributed by atoms with van der Waals surface area (Å²) in [5.41, 5.74) is 8.42. The predicted molar refractivity (Wildman–Crippen MR) is 123 cm³/mol. The van der Waals surface area contributed by atoms with Gasteiger partial charge in [0, 0.05) is 11.6 Å². The van der Waals surface area contributed by atoms with E-state index in [9.17, 15) is 0 Å². The van der Waals surface area contributed by atoms with Crippen LogP contribution in [0.4, 0.5) is 5.82 Å². The Bertz CT molecular complexity index is 1350. The number of ether oxygens (including phenoxy) is 3. The molecule has 0 radical (unpaired) electrons. The molecule has 0 unspecified atom stereocenters. The topological polar surface area (TPSA) is 95.3 Å². The van der Waals surface area contributed by atoms with Gasteiger partial charge in [-0.1, -0.05) is 30.3 Å². The SMILES string of the molecule is COc1ccc(Oc2cc(-c3ccc(Oc4ccccc4)cc3)c3c(N)[nH]nc3n2)cc1. The number of methoxy groups -OCH3 is 1. The van der Waals surface area contributed by atoms with Crippen molar-refractivity contribution < 1.29 is 14.2 Å². The summed E-state index contributed by atoms with van der Waals surface area (Å²) >= 11 is 0. The molecule has 2 aromatic heterocycles. The summed E-state index contributed by atoms with van der Waals surface area (Å²) in [6, 6.07) is 26.5. The minimum Gasteiger partial charge on any atom is -0.497 e. The van der Waals surface area contributed by atoms with Crippen LogP contribution in [-0.2, 0) is 0 Å². The maximum absolute atomic E-state index is 6.14. The third kappa shape index (κ3) is 3.91. The molecule has 32 heavy (non-hydrogen) atoms. The zero-order valence-electron chi connectivity index (χ0n) is 17.3. The fourth-order valence-electron chi connectivity index (χ4n) is 3.40. The van der Waals surface area contributed by atoms with Gasteiger partial charge in [0.1, 0.15) is 28.8 Å². The van der Waals surface area contributed by atoms with Crippen molar-refractivity contribution in [3.63, 3.8) is 0 Å². The number of nitrogen functional groups attached to an aromatic ring is 1. The molecule has 0 aliphatic carbocycles. The Morgan fingerprint density at radius 2 is 1.38 bits per heavy atom. The first-order valence-corrected chi connectivity index (χ1v) is 9.99. The van der Waals surface area contributed by atoms with E-state index < -0.39 is 0 Å². The monoisotopic (exact) mass is 424 g/mol. The van der Waals surface area contributed by atoms with Crippen LogP contribution in [0.2, 0.25) is 0 Å². The molecule has 0 atom stereocenters. The number of nitrogens with one attached hydrogen (secondary N) is 1. The smallest absolute Gasteiger partial charge is 0.221 e. The fourth-order valence-corrected chi connectivity index (χ4v) is 3.40. The Hall–Kier alpha value is -4.52. The number of H-pyrrole nitrogens is 1. The second-order valence-corrected chi connectivity index (χ2v) is 7.06. The van der Waals surface area contributed by atoms with Gasteiger partial charge < -0.3 is 19.9 Å². The Morgan fingerprint density at radius 3 is 2.09 bits per heavy atom. The maximum atomic E-state index is 6.14. The van der Waals surface area contributed by atoms with Crippen molar-refractivity contribution in [1.29, 1.82) is 0 Å². The first-order valence-electron chi connectivity index (χ1n) is 9.99. The molecule has 0 fully saturated rings. The molecular weight excluding hydrogens is 404 g/mol.